The van der Waals surface area contributed by atoms with E-state index in [0.29, 0.717) is 18.2 Å². The summed E-state index contributed by atoms with van der Waals surface area (Å²) >= 11 is 0. The number of ether oxygens (including phenoxy) is 1. The highest BCUT2D eigenvalue weighted by molar-refractivity contribution is 6.08. The lowest BCUT2D eigenvalue weighted by Gasteiger charge is -2.07. The van der Waals surface area contributed by atoms with Gasteiger partial charge in [-0.2, -0.15) is 0 Å². The minimum absolute atomic E-state index is 0.397. The number of carbonyl (C=O) groups is 1. The van der Waals surface area contributed by atoms with Gasteiger partial charge >= 0.3 is 0 Å². The largest absolute Gasteiger partial charge is 0.493 e. The lowest BCUT2D eigenvalue weighted by Crippen LogP contribution is -2.10. The van der Waals surface area contributed by atoms with Crippen molar-refractivity contribution in [3.8, 4) is 5.75 Å². The van der Waals surface area contributed by atoms with Gasteiger partial charge < -0.3 is 15.0 Å². The van der Waals surface area contributed by atoms with Gasteiger partial charge in [0.2, 0.25) is 0 Å². The van der Waals surface area contributed by atoms with Crippen LogP contribution >= 0.6 is 0 Å². The van der Waals surface area contributed by atoms with E-state index >= 15 is 0 Å². The summed E-state index contributed by atoms with van der Waals surface area (Å²) in [4.78, 5) is 11.6. The average Bonchev–Trinajstić information content (AvgIpc) is 3.10. The zero-order chi connectivity index (χ0) is 12.7. The van der Waals surface area contributed by atoms with E-state index in [-0.39, 0.29) is 0 Å². The first kappa shape index (κ1) is 11.1. The Morgan fingerprint density at radius 2 is 2.28 bits per heavy atom. The second kappa shape index (κ2) is 4.05. The van der Waals surface area contributed by atoms with Crippen molar-refractivity contribution in [1.82, 2.24) is 4.57 Å². The van der Waals surface area contributed by atoms with Crippen molar-refractivity contribution in [2.24, 2.45) is 5.73 Å². The van der Waals surface area contributed by atoms with Crippen molar-refractivity contribution in [2.45, 2.75) is 25.8 Å². The molecule has 0 bridgehead atoms. The van der Waals surface area contributed by atoms with Crippen LogP contribution in [-0.2, 0) is 0 Å². The van der Waals surface area contributed by atoms with Gasteiger partial charge in [-0.15, -0.1) is 0 Å². The Bertz CT molecular complexity index is 612. The van der Waals surface area contributed by atoms with E-state index in [9.17, 15) is 4.79 Å². The maximum absolute atomic E-state index is 11.6. The minimum atomic E-state index is -0.397. The summed E-state index contributed by atoms with van der Waals surface area (Å²) in [6, 6.07) is 6.37. The molecule has 2 aromatic rings. The molecule has 1 saturated carbocycles. The summed E-state index contributed by atoms with van der Waals surface area (Å²) in [5, 5.41) is 0.846. The summed E-state index contributed by atoms with van der Waals surface area (Å²) in [5.74, 6) is 0.342. The molecule has 1 aliphatic rings. The molecular formula is C14H16N2O2. The SMILES string of the molecule is CCOc1cccc2c1c(C(N)=O)cn2C1CC1. The predicted molar refractivity (Wildman–Crippen MR) is 69.9 cm³/mol. The van der Waals surface area contributed by atoms with Crippen LogP contribution in [0.1, 0.15) is 36.2 Å². The van der Waals surface area contributed by atoms with Crippen molar-refractivity contribution in [2.75, 3.05) is 6.61 Å². The number of hydrogen-bond acceptors (Lipinski definition) is 2. The number of amides is 1. The third kappa shape index (κ3) is 1.65. The number of nitrogens with two attached hydrogens (primary N) is 1. The number of nitrogens with zero attached hydrogens (tertiary/aromatic N) is 1. The molecule has 0 aliphatic heterocycles. The molecule has 4 nitrogen and oxygen atoms in total. The molecular weight excluding hydrogens is 228 g/mol. The highest BCUT2D eigenvalue weighted by Crippen LogP contribution is 2.41. The predicted octanol–water partition coefficient (Wildman–Crippen LogP) is 2.47. The Morgan fingerprint density at radius 3 is 2.89 bits per heavy atom. The maximum atomic E-state index is 11.6. The molecule has 0 spiro atoms. The van der Waals surface area contributed by atoms with Crippen molar-refractivity contribution in [1.29, 1.82) is 0 Å². The molecule has 1 fully saturated rings. The van der Waals surface area contributed by atoms with Crippen LogP contribution in [0.25, 0.3) is 10.9 Å². The first-order valence-corrected chi connectivity index (χ1v) is 6.28. The number of fused-ring (bicyclic) bond motifs is 1. The lowest BCUT2D eigenvalue weighted by atomic mass is 10.1. The van der Waals surface area contributed by atoms with Crippen molar-refractivity contribution < 1.29 is 9.53 Å². The van der Waals surface area contributed by atoms with E-state index in [1.165, 1.54) is 12.8 Å². The average molecular weight is 244 g/mol. The molecule has 2 N–H and O–H groups in total. The second-order valence-corrected chi connectivity index (χ2v) is 4.63. The normalized spacial score (nSPS) is 14.9. The van der Waals surface area contributed by atoms with Gasteiger partial charge in [0, 0.05) is 12.2 Å². The fourth-order valence-corrected chi connectivity index (χ4v) is 2.40. The van der Waals surface area contributed by atoms with E-state index in [1.807, 2.05) is 31.3 Å². The Kier molecular flexibility index (Phi) is 2.51. The number of aromatic nitrogens is 1. The number of carbonyl (C=O) groups excluding carboxylic acids is 1. The van der Waals surface area contributed by atoms with Gasteiger partial charge in [0.05, 0.1) is 23.1 Å². The topological polar surface area (TPSA) is 57.2 Å². The van der Waals surface area contributed by atoms with Crippen molar-refractivity contribution >= 4 is 16.8 Å². The molecule has 0 radical (unpaired) electrons. The maximum Gasteiger partial charge on any atom is 0.251 e. The van der Waals surface area contributed by atoms with Gasteiger partial charge in [-0.3, -0.25) is 4.79 Å². The Labute approximate surface area is 105 Å². The van der Waals surface area contributed by atoms with Gasteiger partial charge in [0.25, 0.3) is 5.91 Å². The molecule has 3 rings (SSSR count). The summed E-state index contributed by atoms with van der Waals surface area (Å²) in [5.41, 5.74) is 7.07. The Morgan fingerprint density at radius 1 is 1.50 bits per heavy atom. The third-order valence-electron chi connectivity index (χ3n) is 3.33. The monoisotopic (exact) mass is 244 g/mol. The van der Waals surface area contributed by atoms with Crippen LogP contribution in [0.5, 0.6) is 5.75 Å². The summed E-state index contributed by atoms with van der Waals surface area (Å²) in [6.45, 7) is 2.51. The van der Waals surface area contributed by atoms with Gasteiger partial charge in [-0.1, -0.05) is 6.07 Å². The van der Waals surface area contributed by atoms with Crippen LogP contribution in [0.3, 0.4) is 0 Å². The van der Waals surface area contributed by atoms with E-state index in [1.54, 1.807) is 0 Å². The first-order chi connectivity index (χ1) is 8.72. The molecule has 0 saturated heterocycles. The van der Waals surface area contributed by atoms with Crippen LogP contribution in [0.15, 0.2) is 24.4 Å². The van der Waals surface area contributed by atoms with Crippen LogP contribution < -0.4 is 10.5 Å². The Balaban J connectivity index is 2.28. The van der Waals surface area contributed by atoms with Crippen molar-refractivity contribution in [3.05, 3.63) is 30.0 Å². The number of primary amides is 1. The standard InChI is InChI=1S/C14H16N2O2/c1-2-18-12-5-3-4-11-13(12)10(14(15)17)8-16(11)9-6-7-9/h3-5,8-9H,2,6-7H2,1H3,(H2,15,17). The molecule has 18 heavy (non-hydrogen) atoms. The van der Waals surface area contributed by atoms with Crippen LogP contribution in [0, 0.1) is 0 Å². The minimum Gasteiger partial charge on any atom is -0.493 e. The number of benzene rings is 1. The molecule has 1 amide bonds. The van der Waals surface area contributed by atoms with Gasteiger partial charge in [0.1, 0.15) is 5.75 Å². The molecule has 1 aliphatic carbocycles. The quantitative estimate of drug-likeness (QED) is 0.898. The van der Waals surface area contributed by atoms with Crippen LogP contribution in [0.4, 0.5) is 0 Å². The van der Waals surface area contributed by atoms with E-state index in [0.717, 1.165) is 16.7 Å². The van der Waals surface area contributed by atoms with Gasteiger partial charge in [-0.25, -0.2) is 0 Å². The molecule has 0 unspecified atom stereocenters. The zero-order valence-corrected chi connectivity index (χ0v) is 10.3. The smallest absolute Gasteiger partial charge is 0.251 e. The fraction of sp³-hybridized carbons (Fsp3) is 0.357. The van der Waals surface area contributed by atoms with Crippen LogP contribution in [-0.4, -0.2) is 17.1 Å². The summed E-state index contributed by atoms with van der Waals surface area (Å²) in [6.07, 6.45) is 4.20. The summed E-state index contributed by atoms with van der Waals surface area (Å²) in [7, 11) is 0. The van der Waals surface area contributed by atoms with E-state index in [2.05, 4.69) is 4.57 Å². The fourth-order valence-electron chi connectivity index (χ4n) is 2.40. The second-order valence-electron chi connectivity index (χ2n) is 4.63. The molecule has 0 atom stereocenters. The van der Waals surface area contributed by atoms with E-state index < -0.39 is 5.91 Å². The zero-order valence-electron chi connectivity index (χ0n) is 10.3. The number of rotatable bonds is 4. The van der Waals surface area contributed by atoms with Crippen molar-refractivity contribution in [3.63, 3.8) is 0 Å². The number of hydrogen-bond donors (Lipinski definition) is 1. The highest BCUT2D eigenvalue weighted by atomic mass is 16.5. The molecule has 94 valence electrons. The molecule has 1 heterocycles. The molecule has 1 aromatic heterocycles. The van der Waals surface area contributed by atoms with Crippen LogP contribution in [0.2, 0.25) is 0 Å². The third-order valence-corrected chi connectivity index (χ3v) is 3.33. The van der Waals surface area contributed by atoms with Gasteiger partial charge in [-0.05, 0) is 31.9 Å². The highest BCUT2D eigenvalue weighted by Gasteiger charge is 2.27. The Hall–Kier alpha value is -1.97. The molecule has 1 aromatic carbocycles. The lowest BCUT2D eigenvalue weighted by molar-refractivity contribution is 0.100. The molecule has 4 heteroatoms. The van der Waals surface area contributed by atoms with Gasteiger partial charge in [0.15, 0.2) is 0 Å². The van der Waals surface area contributed by atoms with E-state index in [4.69, 9.17) is 10.5 Å². The first-order valence-electron chi connectivity index (χ1n) is 6.28. The summed E-state index contributed by atoms with van der Waals surface area (Å²) < 4.78 is 7.75.